The molecule has 0 nitrogen and oxygen atoms in total. The Morgan fingerprint density at radius 3 is 2.37 bits per heavy atom. The number of rotatable bonds is 1. The molecule has 0 aliphatic rings. The fourth-order valence-corrected chi connectivity index (χ4v) is 6.43. The molecule has 0 bridgehead atoms. The van der Waals surface area contributed by atoms with Crippen molar-refractivity contribution in [2.75, 3.05) is 0 Å². The van der Waals surface area contributed by atoms with Gasteiger partial charge in [0, 0.05) is 0 Å². The maximum absolute atomic E-state index is 2.30. The quantitative estimate of drug-likeness (QED) is 0.429. The van der Waals surface area contributed by atoms with Crippen LogP contribution in [0, 0.1) is 0 Å². The van der Waals surface area contributed by atoms with Crippen molar-refractivity contribution in [3.63, 3.8) is 0 Å². The van der Waals surface area contributed by atoms with Crippen molar-refractivity contribution in [1.82, 2.24) is 0 Å². The van der Waals surface area contributed by atoms with Gasteiger partial charge in [0.25, 0.3) is 0 Å². The summed E-state index contributed by atoms with van der Waals surface area (Å²) in [6, 6.07) is 24.0. The number of hydrogen-bond acceptors (Lipinski definition) is 1. The maximum atomic E-state index is 2.30. The van der Waals surface area contributed by atoms with E-state index in [9.17, 15) is 0 Å². The fourth-order valence-electron chi connectivity index (χ4n) is 2.33. The Morgan fingerprint density at radius 2 is 1.47 bits per heavy atom. The van der Waals surface area contributed by atoms with Gasteiger partial charge in [0.05, 0.1) is 0 Å². The van der Waals surface area contributed by atoms with Gasteiger partial charge in [0.1, 0.15) is 0 Å². The first-order chi connectivity index (χ1) is 9.42. The second-order valence-electron chi connectivity index (χ2n) is 4.47. The molecule has 0 fully saturated rings. The number of thiophene rings is 1. The van der Waals surface area contributed by atoms with Crippen LogP contribution < -0.4 is 0 Å². The van der Waals surface area contributed by atoms with Gasteiger partial charge in [0.15, 0.2) is 0 Å². The average Bonchev–Trinajstić information content (AvgIpc) is 2.86. The van der Waals surface area contributed by atoms with E-state index in [2.05, 4.69) is 66.7 Å². The topological polar surface area (TPSA) is 0 Å². The standard InChI is InChI=1S/C17H11SSe/c1-2-6-12(7-3-1)16-11-10-14-13-8-4-5-9-15(13)18-17(14)19-16/h1-11H/q+1. The molecule has 0 aliphatic heterocycles. The molecule has 2 aromatic heterocycles. The molecule has 0 saturated carbocycles. The van der Waals surface area contributed by atoms with Crippen LogP contribution in [-0.4, -0.2) is 14.5 Å². The molecule has 0 N–H and O–H groups in total. The van der Waals surface area contributed by atoms with E-state index in [0.29, 0.717) is 14.5 Å². The van der Waals surface area contributed by atoms with E-state index in [4.69, 9.17) is 0 Å². The summed E-state index contributed by atoms with van der Waals surface area (Å²) in [7, 11) is 0. The van der Waals surface area contributed by atoms with Crippen LogP contribution in [0.4, 0.5) is 0 Å². The molecule has 19 heavy (non-hydrogen) atoms. The molecule has 2 heterocycles. The van der Waals surface area contributed by atoms with E-state index in [0.717, 1.165) is 0 Å². The van der Waals surface area contributed by atoms with Crippen LogP contribution in [0.5, 0.6) is 0 Å². The molecule has 0 radical (unpaired) electrons. The van der Waals surface area contributed by atoms with Crippen LogP contribution in [0.15, 0.2) is 66.7 Å². The summed E-state index contributed by atoms with van der Waals surface area (Å²) in [6.45, 7) is 0. The van der Waals surface area contributed by atoms with Crippen molar-refractivity contribution in [3.8, 4) is 10.0 Å². The van der Waals surface area contributed by atoms with Gasteiger partial charge in [0.2, 0.25) is 0 Å². The van der Waals surface area contributed by atoms with Gasteiger partial charge in [-0.15, -0.1) is 0 Å². The Morgan fingerprint density at radius 1 is 0.684 bits per heavy atom. The average molecular weight is 326 g/mol. The monoisotopic (exact) mass is 327 g/mol. The number of benzene rings is 2. The van der Waals surface area contributed by atoms with E-state index in [1.165, 1.54) is 25.5 Å². The Hall–Kier alpha value is -1.47. The molecular formula is C17H11SSe+. The Labute approximate surface area is 121 Å². The third-order valence-electron chi connectivity index (χ3n) is 3.26. The first kappa shape index (κ1) is 11.4. The van der Waals surface area contributed by atoms with Crippen LogP contribution in [0.3, 0.4) is 0 Å². The van der Waals surface area contributed by atoms with Crippen molar-refractivity contribution >= 4 is 44.9 Å². The molecule has 0 amide bonds. The van der Waals surface area contributed by atoms with Gasteiger partial charge >= 0.3 is 122 Å². The van der Waals surface area contributed by atoms with E-state index >= 15 is 0 Å². The van der Waals surface area contributed by atoms with Crippen molar-refractivity contribution < 1.29 is 0 Å². The molecule has 4 aromatic rings. The second-order valence-corrected chi connectivity index (χ2v) is 8.31. The first-order valence-corrected chi connectivity index (χ1v) is 8.74. The molecule has 90 valence electrons. The second kappa shape index (κ2) is 4.57. The fraction of sp³-hybridized carbons (Fsp3) is 0. The number of fused-ring (bicyclic) bond motifs is 3. The zero-order valence-corrected chi connectivity index (χ0v) is 12.7. The van der Waals surface area contributed by atoms with Crippen LogP contribution in [0.1, 0.15) is 0 Å². The predicted octanol–water partition coefficient (Wildman–Crippen LogP) is 5.06. The molecule has 0 aliphatic carbocycles. The summed E-state index contributed by atoms with van der Waals surface area (Å²) in [5.74, 6) is 0. The summed E-state index contributed by atoms with van der Waals surface area (Å²) in [6.07, 6.45) is 0. The first-order valence-electron chi connectivity index (χ1n) is 6.22. The van der Waals surface area contributed by atoms with Crippen LogP contribution in [0.2, 0.25) is 0 Å². The van der Waals surface area contributed by atoms with Gasteiger partial charge < -0.3 is 0 Å². The van der Waals surface area contributed by atoms with Crippen molar-refractivity contribution in [2.45, 2.75) is 0 Å². The van der Waals surface area contributed by atoms with Crippen molar-refractivity contribution in [3.05, 3.63) is 66.7 Å². The molecule has 2 aromatic carbocycles. The van der Waals surface area contributed by atoms with E-state index in [1.54, 1.807) is 3.57 Å². The molecule has 0 unspecified atom stereocenters. The zero-order valence-electron chi connectivity index (χ0n) is 10.2. The summed E-state index contributed by atoms with van der Waals surface area (Å²) in [5, 5.41) is 2.85. The Kier molecular flexibility index (Phi) is 2.73. The summed E-state index contributed by atoms with van der Waals surface area (Å²) in [5.41, 5.74) is 1.36. The molecule has 0 saturated heterocycles. The van der Waals surface area contributed by atoms with Crippen molar-refractivity contribution in [1.29, 1.82) is 0 Å². The van der Waals surface area contributed by atoms with Gasteiger partial charge in [-0.25, -0.2) is 0 Å². The van der Waals surface area contributed by atoms with Gasteiger partial charge in [-0.1, -0.05) is 0 Å². The summed E-state index contributed by atoms with van der Waals surface area (Å²) in [4.78, 5) is 0. The minimum atomic E-state index is 0.426. The van der Waals surface area contributed by atoms with Crippen LogP contribution in [0.25, 0.3) is 29.0 Å². The Bertz CT molecular complexity index is 862. The molecule has 0 spiro atoms. The van der Waals surface area contributed by atoms with Gasteiger partial charge in [-0.05, 0) is 0 Å². The zero-order chi connectivity index (χ0) is 12.7. The van der Waals surface area contributed by atoms with Crippen molar-refractivity contribution in [2.24, 2.45) is 0 Å². The summed E-state index contributed by atoms with van der Waals surface area (Å²) < 4.78 is 4.44. The third kappa shape index (κ3) is 1.93. The van der Waals surface area contributed by atoms with E-state index < -0.39 is 0 Å². The van der Waals surface area contributed by atoms with Crippen LogP contribution in [-0.2, 0) is 0 Å². The Balaban J connectivity index is 1.99. The molecular weight excluding hydrogens is 315 g/mol. The van der Waals surface area contributed by atoms with E-state index in [-0.39, 0.29) is 0 Å². The molecule has 0 atom stereocenters. The van der Waals surface area contributed by atoms with Gasteiger partial charge in [-0.2, -0.15) is 0 Å². The molecule has 2 heteroatoms. The van der Waals surface area contributed by atoms with Gasteiger partial charge in [-0.3, -0.25) is 0 Å². The number of hydrogen-bond donors (Lipinski definition) is 0. The normalized spacial score (nSPS) is 11.2. The van der Waals surface area contributed by atoms with E-state index in [1.807, 2.05) is 11.3 Å². The predicted molar refractivity (Wildman–Crippen MR) is 86.1 cm³/mol. The minimum absolute atomic E-state index is 0.426. The molecule has 4 rings (SSSR count). The third-order valence-corrected chi connectivity index (χ3v) is 7.29. The van der Waals surface area contributed by atoms with Crippen LogP contribution >= 0.6 is 11.3 Å². The SMILES string of the molecule is c1ccc(-c2ccc3c(sc4ccccc43)[se+]2)cc1. The summed E-state index contributed by atoms with van der Waals surface area (Å²) >= 11 is 2.38.